The number of hydrogen-bond acceptors (Lipinski definition) is 5. The van der Waals surface area contributed by atoms with Crippen molar-refractivity contribution in [1.29, 1.82) is 0 Å². The number of nitrogens with one attached hydrogen (secondary N) is 1. The quantitative estimate of drug-likeness (QED) is 0.457. The number of benzene rings is 1. The summed E-state index contributed by atoms with van der Waals surface area (Å²) in [6.45, 7) is 1.96. The van der Waals surface area contributed by atoms with E-state index in [4.69, 9.17) is 15.3 Å². The molecule has 5 nitrogen and oxygen atoms in total. The van der Waals surface area contributed by atoms with Gasteiger partial charge in [0.1, 0.15) is 17.7 Å². The normalized spacial score (nSPS) is 12.6. The molecule has 1 aromatic carbocycles. The van der Waals surface area contributed by atoms with Gasteiger partial charge in [-0.1, -0.05) is 0 Å². The Kier molecular flexibility index (Phi) is 4.74. The Labute approximate surface area is 102 Å². The average molecular weight is 239 g/mol. The molecule has 1 atom stereocenters. The molecule has 0 aliphatic carbocycles. The van der Waals surface area contributed by atoms with Crippen molar-refractivity contribution in [2.75, 3.05) is 28.3 Å². The molecule has 0 aliphatic rings. The highest BCUT2D eigenvalue weighted by Gasteiger charge is 2.20. The molecule has 0 radical (unpaired) electrons. The highest BCUT2D eigenvalue weighted by atomic mass is 16.5. The molecule has 1 rings (SSSR count). The van der Waals surface area contributed by atoms with Crippen LogP contribution < -0.4 is 20.7 Å². The first-order valence-corrected chi connectivity index (χ1v) is 5.40. The number of methoxy groups -OCH3 is 2. The number of nitrogens with two attached hydrogens (primary N) is 1. The Balaban J connectivity index is 3.29. The van der Waals surface area contributed by atoms with Gasteiger partial charge in [0.25, 0.3) is 0 Å². The van der Waals surface area contributed by atoms with Crippen molar-refractivity contribution >= 4 is 0 Å². The molecule has 1 unspecified atom stereocenters. The van der Waals surface area contributed by atoms with Gasteiger partial charge in [-0.05, 0) is 33.2 Å². The lowest BCUT2D eigenvalue weighted by molar-refractivity contribution is 0.244. The average Bonchev–Trinajstić information content (AvgIpc) is 2.30. The predicted octanol–water partition coefficient (Wildman–Crippen LogP) is 1.04. The minimum atomic E-state index is -0.102. The fourth-order valence-electron chi connectivity index (χ4n) is 1.92. The number of rotatable bonds is 5. The van der Waals surface area contributed by atoms with E-state index >= 15 is 0 Å². The standard InChI is InChI=1S/C12H21N3O2/c1-8-10(16-4)7-6-9(11(8)17-5)12(14-13)15(2)3/h6-7,12,14H,13H2,1-5H3. The van der Waals surface area contributed by atoms with Crippen molar-refractivity contribution in [3.63, 3.8) is 0 Å². The monoisotopic (exact) mass is 239 g/mol. The summed E-state index contributed by atoms with van der Waals surface area (Å²) < 4.78 is 10.7. The summed E-state index contributed by atoms with van der Waals surface area (Å²) in [5.74, 6) is 7.17. The second-order valence-electron chi connectivity index (χ2n) is 4.05. The number of hydrogen-bond donors (Lipinski definition) is 2. The van der Waals surface area contributed by atoms with Gasteiger partial charge in [0.05, 0.1) is 14.2 Å². The van der Waals surface area contributed by atoms with Crippen LogP contribution in [0.5, 0.6) is 11.5 Å². The first-order chi connectivity index (χ1) is 8.06. The second kappa shape index (κ2) is 5.86. The molecule has 0 heterocycles. The highest BCUT2D eigenvalue weighted by Crippen LogP contribution is 2.34. The minimum absolute atomic E-state index is 0.102. The van der Waals surface area contributed by atoms with Crippen molar-refractivity contribution in [3.05, 3.63) is 23.3 Å². The van der Waals surface area contributed by atoms with Gasteiger partial charge in [0.15, 0.2) is 0 Å². The van der Waals surface area contributed by atoms with Crippen LogP contribution in [0.2, 0.25) is 0 Å². The lowest BCUT2D eigenvalue weighted by Crippen LogP contribution is -2.38. The van der Waals surface area contributed by atoms with E-state index in [0.717, 1.165) is 22.6 Å². The van der Waals surface area contributed by atoms with E-state index in [9.17, 15) is 0 Å². The zero-order chi connectivity index (χ0) is 13.0. The summed E-state index contributed by atoms with van der Waals surface area (Å²) in [7, 11) is 7.19. The lowest BCUT2D eigenvalue weighted by atomic mass is 10.1. The summed E-state index contributed by atoms with van der Waals surface area (Å²) in [6, 6.07) is 3.87. The molecule has 5 heteroatoms. The fourth-order valence-corrected chi connectivity index (χ4v) is 1.92. The zero-order valence-corrected chi connectivity index (χ0v) is 11.1. The molecule has 0 fully saturated rings. The predicted molar refractivity (Wildman–Crippen MR) is 68.0 cm³/mol. The summed E-state index contributed by atoms with van der Waals surface area (Å²) in [4.78, 5) is 1.98. The molecule has 0 amide bonds. The SMILES string of the molecule is COc1ccc(C(NN)N(C)C)c(OC)c1C. The molecule has 3 N–H and O–H groups in total. The fraction of sp³-hybridized carbons (Fsp3) is 0.500. The zero-order valence-electron chi connectivity index (χ0n) is 11.1. The highest BCUT2D eigenvalue weighted by molar-refractivity contribution is 5.50. The van der Waals surface area contributed by atoms with Crippen molar-refractivity contribution in [3.8, 4) is 11.5 Å². The van der Waals surface area contributed by atoms with Gasteiger partial charge in [0.2, 0.25) is 0 Å². The Morgan fingerprint density at radius 2 is 1.88 bits per heavy atom. The third-order valence-corrected chi connectivity index (χ3v) is 2.78. The largest absolute Gasteiger partial charge is 0.496 e. The summed E-state index contributed by atoms with van der Waals surface area (Å²) >= 11 is 0. The van der Waals surface area contributed by atoms with Gasteiger partial charge in [0, 0.05) is 11.1 Å². The van der Waals surface area contributed by atoms with Crippen LogP contribution in [0, 0.1) is 6.92 Å². The summed E-state index contributed by atoms with van der Waals surface area (Å²) in [5.41, 5.74) is 4.71. The van der Waals surface area contributed by atoms with Crippen molar-refractivity contribution in [2.45, 2.75) is 13.1 Å². The molecular weight excluding hydrogens is 218 g/mol. The first-order valence-electron chi connectivity index (χ1n) is 5.40. The number of hydrazine groups is 1. The van der Waals surface area contributed by atoms with Crippen LogP contribution in [0.1, 0.15) is 17.3 Å². The molecule has 96 valence electrons. The second-order valence-corrected chi connectivity index (χ2v) is 4.05. The number of ether oxygens (including phenoxy) is 2. The molecule has 0 aromatic heterocycles. The topological polar surface area (TPSA) is 59.8 Å². The molecule has 0 saturated heterocycles. The van der Waals surface area contributed by atoms with Crippen LogP contribution in [0.15, 0.2) is 12.1 Å². The van der Waals surface area contributed by atoms with Crippen molar-refractivity contribution in [1.82, 2.24) is 10.3 Å². The van der Waals surface area contributed by atoms with Crippen LogP contribution in [0.25, 0.3) is 0 Å². The van der Waals surface area contributed by atoms with E-state index in [0.29, 0.717) is 0 Å². The van der Waals surface area contributed by atoms with E-state index in [1.54, 1.807) is 14.2 Å². The molecule has 1 aromatic rings. The maximum atomic E-state index is 5.57. The van der Waals surface area contributed by atoms with Crippen LogP contribution in [0.4, 0.5) is 0 Å². The summed E-state index contributed by atoms with van der Waals surface area (Å²) in [5, 5.41) is 0. The maximum absolute atomic E-state index is 5.57. The maximum Gasteiger partial charge on any atom is 0.131 e. The van der Waals surface area contributed by atoms with Crippen LogP contribution in [-0.2, 0) is 0 Å². The van der Waals surface area contributed by atoms with Gasteiger partial charge in [-0.2, -0.15) is 0 Å². The molecule has 0 spiro atoms. The molecule has 0 saturated carbocycles. The Bertz CT molecular complexity index is 380. The van der Waals surface area contributed by atoms with E-state index in [2.05, 4.69) is 5.43 Å². The third kappa shape index (κ3) is 2.69. The van der Waals surface area contributed by atoms with Gasteiger partial charge >= 0.3 is 0 Å². The van der Waals surface area contributed by atoms with E-state index in [-0.39, 0.29) is 6.17 Å². The van der Waals surface area contributed by atoms with Gasteiger partial charge in [-0.15, -0.1) is 0 Å². The van der Waals surface area contributed by atoms with Crippen LogP contribution in [-0.4, -0.2) is 33.2 Å². The lowest BCUT2D eigenvalue weighted by Gasteiger charge is -2.26. The molecule has 0 aliphatic heterocycles. The van der Waals surface area contributed by atoms with Crippen molar-refractivity contribution < 1.29 is 9.47 Å². The molecule has 0 bridgehead atoms. The minimum Gasteiger partial charge on any atom is -0.496 e. The molecule has 17 heavy (non-hydrogen) atoms. The van der Waals surface area contributed by atoms with E-state index in [1.807, 2.05) is 38.1 Å². The Morgan fingerprint density at radius 3 is 2.29 bits per heavy atom. The smallest absolute Gasteiger partial charge is 0.131 e. The Hall–Kier alpha value is -1.30. The Morgan fingerprint density at radius 1 is 1.24 bits per heavy atom. The molecular formula is C12H21N3O2. The van der Waals surface area contributed by atoms with Crippen LogP contribution in [0.3, 0.4) is 0 Å². The van der Waals surface area contributed by atoms with Gasteiger partial charge in [-0.25, -0.2) is 5.43 Å². The number of nitrogens with zero attached hydrogens (tertiary/aromatic N) is 1. The summed E-state index contributed by atoms with van der Waals surface area (Å²) in [6.07, 6.45) is -0.102. The van der Waals surface area contributed by atoms with Crippen LogP contribution >= 0.6 is 0 Å². The van der Waals surface area contributed by atoms with E-state index in [1.165, 1.54) is 0 Å². The first kappa shape index (κ1) is 13.8. The van der Waals surface area contributed by atoms with Gasteiger partial charge in [-0.3, -0.25) is 10.7 Å². The van der Waals surface area contributed by atoms with Crippen molar-refractivity contribution in [2.24, 2.45) is 5.84 Å². The third-order valence-electron chi connectivity index (χ3n) is 2.78. The van der Waals surface area contributed by atoms with E-state index < -0.39 is 0 Å². The van der Waals surface area contributed by atoms with Gasteiger partial charge < -0.3 is 9.47 Å².